The van der Waals surface area contributed by atoms with Crippen molar-refractivity contribution in [2.24, 2.45) is 7.05 Å². The van der Waals surface area contributed by atoms with Crippen LogP contribution < -0.4 is 4.57 Å². The van der Waals surface area contributed by atoms with Crippen LogP contribution in [0.25, 0.3) is 44.5 Å². The van der Waals surface area contributed by atoms with E-state index < -0.39 is 16.4 Å². The predicted molar refractivity (Wildman–Crippen MR) is 270 cm³/mol. The average Bonchev–Trinajstić information content (AvgIpc) is 4.16. The van der Waals surface area contributed by atoms with E-state index in [0.29, 0.717) is 0 Å². The van der Waals surface area contributed by atoms with E-state index in [2.05, 4.69) is 140 Å². The van der Waals surface area contributed by atoms with Gasteiger partial charge in [0.25, 0.3) is 0 Å². The molecule has 8 aromatic heterocycles. The molecule has 11 aromatic rings. The van der Waals surface area contributed by atoms with Crippen molar-refractivity contribution < 1.29 is 25.6 Å². The second kappa shape index (κ2) is 16.3. The van der Waals surface area contributed by atoms with Crippen molar-refractivity contribution in [1.29, 1.82) is 0 Å². The molecule has 10 heteroatoms. The van der Waals surface area contributed by atoms with E-state index in [4.69, 9.17) is 34.9 Å². The van der Waals surface area contributed by atoms with E-state index in [0.717, 1.165) is 101 Å². The fourth-order valence-electron chi connectivity index (χ4n) is 12.2. The van der Waals surface area contributed by atoms with Gasteiger partial charge in [-0.1, -0.05) is 54.6 Å². The zero-order valence-corrected chi connectivity index (χ0v) is 41.6. The minimum absolute atomic E-state index is 0. The molecule has 3 aromatic carbocycles. The predicted octanol–water partition coefficient (Wildman–Crippen LogP) is 10.3. The van der Waals surface area contributed by atoms with Crippen molar-refractivity contribution in [2.75, 3.05) is 0 Å². The quantitative estimate of drug-likeness (QED) is 0.116. The summed E-state index contributed by atoms with van der Waals surface area (Å²) < 4.78 is 4.03. The maximum atomic E-state index is 5.34. The summed E-state index contributed by atoms with van der Waals surface area (Å²) in [6.07, 6.45) is 20.8. The van der Waals surface area contributed by atoms with Crippen molar-refractivity contribution in [1.82, 2.24) is 39.5 Å². The van der Waals surface area contributed by atoms with Gasteiger partial charge in [0, 0.05) is 97.8 Å². The third-order valence-corrected chi connectivity index (χ3v) is 15.0. The number of nitrogens with zero attached hydrogens (tertiary/aromatic N) is 9. The van der Waals surface area contributed by atoms with E-state index in [-0.39, 0.29) is 21.1 Å². The van der Waals surface area contributed by atoms with Crippen LogP contribution in [-0.2, 0) is 44.5 Å². The van der Waals surface area contributed by atoms with E-state index in [1.54, 1.807) is 0 Å². The van der Waals surface area contributed by atoms with Crippen molar-refractivity contribution in [3.63, 3.8) is 0 Å². The number of hydrogen-bond acceptors (Lipinski definition) is 7. The summed E-state index contributed by atoms with van der Waals surface area (Å²) in [5.74, 6) is 0. The Balaban J connectivity index is 0.00000504. The van der Waals surface area contributed by atoms with Crippen molar-refractivity contribution >= 4 is 0 Å². The van der Waals surface area contributed by atoms with Gasteiger partial charge in [-0.3, -0.25) is 34.9 Å². The van der Waals surface area contributed by atoms with E-state index in [1.165, 1.54) is 16.7 Å². The fraction of sp³-hybridized carbons (Fsp3) is 0.0968. The number of pyridine rings is 7. The van der Waals surface area contributed by atoms with Crippen LogP contribution >= 0.6 is 0 Å². The standard InChI is InChI=1S/C62H41N9.Pt/c1-39-13-4-14-40(2)53(39)41-25-32-63-52(35-41)61(56-48(21-9-28-66-56)49-22-10-29-67-57(49)61)44-17-5-15-42(36-44)60(54-46(19-7-26-64-54)47-20-8-27-65-55(47)60)43-16-6-18-45(37-43)62(71-34-33-70(3)38-71)58-50(23-11-30-68-58)51-24-12-31-69-59(51)62;/h4-35H,1-3H3;/q-2;. The topological polar surface area (TPSA) is 99.0 Å². The van der Waals surface area contributed by atoms with Crippen LogP contribution in [0, 0.1) is 32.3 Å². The molecule has 0 spiro atoms. The number of aromatic nitrogens is 9. The van der Waals surface area contributed by atoms with Gasteiger partial charge in [-0.25, -0.2) is 0 Å². The molecule has 72 heavy (non-hydrogen) atoms. The van der Waals surface area contributed by atoms with E-state index >= 15 is 0 Å². The largest absolute Gasteiger partial charge is 0.354 e. The fourth-order valence-corrected chi connectivity index (χ4v) is 12.2. The number of fused-ring (bicyclic) bond motifs is 9. The molecular weight excluding hydrogens is 1070 g/mol. The van der Waals surface area contributed by atoms with E-state index in [1.807, 2.05) is 104 Å². The number of hydrogen-bond donors (Lipinski definition) is 0. The summed E-state index contributed by atoms with van der Waals surface area (Å²) >= 11 is 0. The molecular formula is C62H41N9Pt-2. The van der Waals surface area contributed by atoms with Gasteiger partial charge in [0.2, 0.25) is 6.33 Å². The van der Waals surface area contributed by atoms with Gasteiger partial charge in [0.15, 0.2) is 5.54 Å². The number of aryl methyl sites for hydroxylation is 3. The van der Waals surface area contributed by atoms with Crippen LogP contribution in [0.2, 0.25) is 0 Å². The molecule has 0 saturated carbocycles. The Morgan fingerprint density at radius 2 is 0.833 bits per heavy atom. The smallest absolute Gasteiger partial charge is 0.204 e. The van der Waals surface area contributed by atoms with Gasteiger partial charge in [-0.2, -0.15) is 48.5 Å². The van der Waals surface area contributed by atoms with Gasteiger partial charge >= 0.3 is 0 Å². The first kappa shape index (κ1) is 43.6. The summed E-state index contributed by atoms with van der Waals surface area (Å²) in [5, 5.41) is 0. The maximum Gasteiger partial charge on any atom is 0.204 e. The van der Waals surface area contributed by atoms with Crippen LogP contribution in [0.15, 0.2) is 195 Å². The van der Waals surface area contributed by atoms with Crippen LogP contribution in [0.4, 0.5) is 0 Å². The van der Waals surface area contributed by atoms with Crippen molar-refractivity contribution in [2.45, 2.75) is 30.2 Å². The molecule has 0 radical (unpaired) electrons. The van der Waals surface area contributed by atoms with Gasteiger partial charge in [0.05, 0.1) is 40.9 Å². The number of benzene rings is 3. The van der Waals surface area contributed by atoms with Gasteiger partial charge in [-0.15, -0.1) is 22.3 Å². The van der Waals surface area contributed by atoms with Gasteiger partial charge < -0.3 is 9.13 Å². The summed E-state index contributed by atoms with van der Waals surface area (Å²) in [4.78, 5) is 36.9. The first-order valence-corrected chi connectivity index (χ1v) is 23.8. The Morgan fingerprint density at radius 3 is 1.31 bits per heavy atom. The molecule has 14 rings (SSSR count). The summed E-state index contributed by atoms with van der Waals surface area (Å²) in [6.45, 7) is 4.33. The molecule has 0 bridgehead atoms. The Morgan fingerprint density at radius 1 is 0.431 bits per heavy atom. The van der Waals surface area contributed by atoms with Gasteiger partial charge in [-0.05, 0) is 97.0 Å². The molecule has 0 fully saturated rings. The minimum atomic E-state index is -1.13. The van der Waals surface area contributed by atoms with Crippen LogP contribution in [0.3, 0.4) is 0 Å². The zero-order valence-electron chi connectivity index (χ0n) is 39.3. The molecule has 0 saturated heterocycles. The van der Waals surface area contributed by atoms with Crippen molar-refractivity contribution in [3.8, 4) is 44.5 Å². The van der Waals surface area contributed by atoms with Crippen LogP contribution in [0.5, 0.6) is 0 Å². The summed E-state index contributed by atoms with van der Waals surface area (Å²) in [6, 6.07) is 56.7. The summed E-state index contributed by atoms with van der Waals surface area (Å²) in [7, 11) is 1.98. The first-order chi connectivity index (χ1) is 34.9. The SMILES string of the molecule is Cc1cccc(C)c1-c1ccnc(C2(c3[c-]c(C4(c5[c-]c(C6(n7[c-][n+](C)cc7)c7ncccc7-c7cccnc76)ccc5)c5ncccc5-c5cccnc54)ccc3)c3ncccc3-c3cccnc32)c1.[Pt]. The van der Waals surface area contributed by atoms with Gasteiger partial charge in [0.1, 0.15) is 16.8 Å². The Hall–Kier alpha value is -8.39. The van der Waals surface area contributed by atoms with E-state index in [9.17, 15) is 0 Å². The monoisotopic (exact) mass is 1110 g/mol. The molecule has 9 nitrogen and oxygen atoms in total. The minimum Gasteiger partial charge on any atom is -0.354 e. The molecule has 346 valence electrons. The zero-order chi connectivity index (χ0) is 47.5. The first-order valence-electron chi connectivity index (χ1n) is 23.8. The number of rotatable bonds is 7. The molecule has 0 amide bonds. The third kappa shape index (κ3) is 5.74. The molecule has 3 aliphatic carbocycles. The molecule has 3 aliphatic rings. The Kier molecular flexibility index (Phi) is 9.90. The maximum absolute atomic E-state index is 5.34. The molecule has 8 heterocycles. The molecule has 0 atom stereocenters. The Bertz CT molecular complexity index is 3830. The number of imidazole rings is 1. The Labute approximate surface area is 431 Å². The second-order valence-electron chi connectivity index (χ2n) is 18.6. The molecule has 0 N–H and O–H groups in total. The second-order valence-corrected chi connectivity index (χ2v) is 18.6. The summed E-state index contributed by atoms with van der Waals surface area (Å²) in [5.41, 5.74) is 16.6. The van der Waals surface area contributed by atoms with Crippen LogP contribution in [0.1, 0.15) is 73.2 Å². The molecule has 0 unspecified atom stereocenters. The third-order valence-electron chi connectivity index (χ3n) is 15.0. The van der Waals surface area contributed by atoms with Crippen molar-refractivity contribution in [3.05, 3.63) is 287 Å². The average molecular weight is 1110 g/mol. The normalized spacial score (nSPS) is 14.5. The van der Waals surface area contributed by atoms with Crippen LogP contribution in [-0.4, -0.2) is 39.5 Å². The molecule has 0 aliphatic heterocycles.